The molecule has 0 N–H and O–H groups in total. The summed E-state index contributed by atoms with van der Waals surface area (Å²) in [4.78, 5) is 10.8. The van der Waals surface area contributed by atoms with Gasteiger partial charge < -0.3 is 0 Å². The third-order valence-corrected chi connectivity index (χ3v) is 3.07. The Hall–Kier alpha value is 0.110. The molecule has 0 rings (SSSR count). The van der Waals surface area contributed by atoms with Crippen molar-refractivity contribution in [1.82, 2.24) is 0 Å². The molecule has 0 aliphatic rings. The molecule has 0 aliphatic carbocycles. The predicted molar refractivity (Wildman–Crippen MR) is 50.4 cm³/mol. The van der Waals surface area contributed by atoms with E-state index >= 15 is 0 Å². The molecule has 0 amide bonds. The van der Waals surface area contributed by atoms with E-state index in [9.17, 15) is 4.79 Å². The van der Waals surface area contributed by atoms with Gasteiger partial charge in [-0.15, -0.1) is 23.5 Å². The number of carbonyl (C=O) groups excluding carboxylic acids is 1. The zero-order valence-electron chi connectivity index (χ0n) is 6.51. The van der Waals surface area contributed by atoms with Gasteiger partial charge in [0.1, 0.15) is 0 Å². The van der Waals surface area contributed by atoms with Crippen LogP contribution in [0.1, 0.15) is 13.3 Å². The van der Waals surface area contributed by atoms with Gasteiger partial charge in [-0.1, -0.05) is 6.92 Å². The van der Waals surface area contributed by atoms with Crippen molar-refractivity contribution < 1.29 is 4.79 Å². The normalized spacial score (nSPS) is 9.10. The first-order valence-electron chi connectivity index (χ1n) is 3.07. The monoisotopic (exact) mass is 176 g/mol. The molecule has 1 nitrogen and oxygen atoms in total. The molecule has 0 aromatic rings. The SMILES string of the molecule is CCC(=O)C=C(SC)SC. The van der Waals surface area contributed by atoms with Crippen LogP contribution >= 0.6 is 23.5 Å². The molecule has 0 spiro atoms. The molecule has 3 heteroatoms. The van der Waals surface area contributed by atoms with Crippen LogP contribution in [0.15, 0.2) is 10.3 Å². The van der Waals surface area contributed by atoms with E-state index in [-0.39, 0.29) is 5.78 Å². The maximum Gasteiger partial charge on any atom is 0.157 e. The highest BCUT2D eigenvalue weighted by Crippen LogP contribution is 2.22. The number of allylic oxidation sites excluding steroid dienone is 1. The smallest absolute Gasteiger partial charge is 0.157 e. The maximum atomic E-state index is 10.8. The molecule has 0 heterocycles. The van der Waals surface area contributed by atoms with Crippen molar-refractivity contribution in [1.29, 1.82) is 0 Å². The number of ketones is 1. The maximum absolute atomic E-state index is 10.8. The molecule has 0 aromatic heterocycles. The lowest BCUT2D eigenvalue weighted by atomic mass is 10.3. The van der Waals surface area contributed by atoms with Crippen molar-refractivity contribution in [2.45, 2.75) is 13.3 Å². The van der Waals surface area contributed by atoms with Crippen LogP contribution in [0.2, 0.25) is 0 Å². The van der Waals surface area contributed by atoms with Gasteiger partial charge in [-0.2, -0.15) is 0 Å². The van der Waals surface area contributed by atoms with Crippen LogP contribution in [0, 0.1) is 0 Å². The lowest BCUT2D eigenvalue weighted by Gasteiger charge is -1.95. The Kier molecular flexibility index (Phi) is 5.93. The second-order valence-electron chi connectivity index (χ2n) is 1.69. The van der Waals surface area contributed by atoms with Gasteiger partial charge in [0.2, 0.25) is 0 Å². The molecule has 0 atom stereocenters. The summed E-state index contributed by atoms with van der Waals surface area (Å²) in [6.07, 6.45) is 6.26. The van der Waals surface area contributed by atoms with Crippen molar-refractivity contribution in [2.75, 3.05) is 12.5 Å². The first-order valence-corrected chi connectivity index (χ1v) is 5.52. The average Bonchev–Trinajstić information content (AvgIpc) is 1.99. The number of rotatable bonds is 4. The Morgan fingerprint density at radius 1 is 1.40 bits per heavy atom. The van der Waals surface area contributed by atoms with Crippen molar-refractivity contribution in [3.05, 3.63) is 10.3 Å². The van der Waals surface area contributed by atoms with E-state index in [4.69, 9.17) is 0 Å². The highest BCUT2D eigenvalue weighted by Gasteiger charge is 1.95. The molecule has 0 fully saturated rings. The zero-order valence-corrected chi connectivity index (χ0v) is 8.14. The standard InChI is InChI=1S/C7H12OS2/c1-4-6(8)5-7(9-2)10-3/h5H,4H2,1-3H3. The summed E-state index contributed by atoms with van der Waals surface area (Å²) in [5, 5.41) is 0. The fraction of sp³-hybridized carbons (Fsp3) is 0.571. The number of hydrogen-bond acceptors (Lipinski definition) is 3. The number of hydrogen-bond donors (Lipinski definition) is 0. The van der Waals surface area contributed by atoms with Crippen molar-refractivity contribution in [3.63, 3.8) is 0 Å². The van der Waals surface area contributed by atoms with Crippen LogP contribution in [0.3, 0.4) is 0 Å². The van der Waals surface area contributed by atoms with Gasteiger partial charge in [0.15, 0.2) is 5.78 Å². The molecule has 0 unspecified atom stereocenters. The van der Waals surface area contributed by atoms with Crippen LogP contribution in [0.4, 0.5) is 0 Å². The van der Waals surface area contributed by atoms with Gasteiger partial charge in [-0.3, -0.25) is 4.79 Å². The van der Waals surface area contributed by atoms with Crippen molar-refractivity contribution >= 4 is 29.3 Å². The van der Waals surface area contributed by atoms with E-state index in [1.165, 1.54) is 0 Å². The van der Waals surface area contributed by atoms with Gasteiger partial charge in [0, 0.05) is 16.7 Å². The topological polar surface area (TPSA) is 17.1 Å². The fourth-order valence-electron chi connectivity index (χ4n) is 0.435. The van der Waals surface area contributed by atoms with Crippen LogP contribution in [-0.2, 0) is 4.79 Å². The lowest BCUT2D eigenvalue weighted by molar-refractivity contribution is -0.114. The van der Waals surface area contributed by atoms with Crippen molar-refractivity contribution in [3.8, 4) is 0 Å². The average molecular weight is 176 g/mol. The largest absolute Gasteiger partial charge is 0.295 e. The van der Waals surface area contributed by atoms with Gasteiger partial charge >= 0.3 is 0 Å². The molecular formula is C7H12OS2. The number of thioether (sulfide) groups is 2. The summed E-state index contributed by atoms with van der Waals surface area (Å²) in [7, 11) is 0. The first-order chi connectivity index (χ1) is 4.74. The highest BCUT2D eigenvalue weighted by atomic mass is 32.2. The molecule has 0 aliphatic heterocycles. The van der Waals surface area contributed by atoms with Crippen LogP contribution in [0.25, 0.3) is 0 Å². The minimum absolute atomic E-state index is 0.207. The molecule has 58 valence electrons. The van der Waals surface area contributed by atoms with Gasteiger partial charge in [-0.05, 0) is 12.5 Å². The van der Waals surface area contributed by atoms with Crippen LogP contribution < -0.4 is 0 Å². The van der Waals surface area contributed by atoms with E-state index in [0.717, 1.165) is 4.24 Å². The van der Waals surface area contributed by atoms with Gasteiger partial charge in [-0.25, -0.2) is 0 Å². The van der Waals surface area contributed by atoms with Gasteiger partial charge in [0.25, 0.3) is 0 Å². The number of carbonyl (C=O) groups is 1. The Labute approximate surface area is 70.6 Å². The van der Waals surface area contributed by atoms with E-state index in [2.05, 4.69) is 0 Å². The Bertz CT molecular complexity index is 135. The third kappa shape index (κ3) is 4.01. The van der Waals surface area contributed by atoms with Crippen LogP contribution in [-0.4, -0.2) is 18.3 Å². The molecule has 0 saturated heterocycles. The third-order valence-electron chi connectivity index (χ3n) is 1.03. The molecule has 10 heavy (non-hydrogen) atoms. The van der Waals surface area contributed by atoms with E-state index in [0.29, 0.717) is 6.42 Å². The quantitative estimate of drug-likeness (QED) is 0.613. The molecule has 0 radical (unpaired) electrons. The Morgan fingerprint density at radius 3 is 2.20 bits per heavy atom. The second kappa shape index (κ2) is 5.86. The summed E-state index contributed by atoms with van der Waals surface area (Å²) in [5.74, 6) is 0.207. The molecule has 0 saturated carbocycles. The summed E-state index contributed by atoms with van der Waals surface area (Å²) in [6, 6.07) is 0. The lowest BCUT2D eigenvalue weighted by Crippen LogP contribution is -1.88. The molecule has 0 bridgehead atoms. The minimum Gasteiger partial charge on any atom is -0.295 e. The summed E-state index contributed by atoms with van der Waals surface area (Å²) >= 11 is 3.23. The summed E-state index contributed by atoms with van der Waals surface area (Å²) in [6.45, 7) is 1.87. The van der Waals surface area contributed by atoms with Crippen molar-refractivity contribution in [2.24, 2.45) is 0 Å². The summed E-state index contributed by atoms with van der Waals surface area (Å²) in [5.41, 5.74) is 0. The Morgan fingerprint density at radius 2 is 1.90 bits per heavy atom. The van der Waals surface area contributed by atoms with Gasteiger partial charge in [0.05, 0.1) is 0 Å². The summed E-state index contributed by atoms with van der Waals surface area (Å²) < 4.78 is 1.09. The predicted octanol–water partition coefficient (Wildman–Crippen LogP) is 2.53. The van der Waals surface area contributed by atoms with E-state index in [1.54, 1.807) is 29.6 Å². The molecule has 0 aromatic carbocycles. The van der Waals surface area contributed by atoms with E-state index < -0.39 is 0 Å². The molecular weight excluding hydrogens is 164 g/mol. The van der Waals surface area contributed by atoms with Crippen LogP contribution in [0.5, 0.6) is 0 Å². The zero-order chi connectivity index (χ0) is 7.98. The Balaban J connectivity index is 3.96. The second-order valence-corrected chi connectivity index (χ2v) is 3.65. The first kappa shape index (κ1) is 10.1. The highest BCUT2D eigenvalue weighted by molar-refractivity contribution is 8.21. The fourth-order valence-corrected chi connectivity index (χ4v) is 1.60. The van der Waals surface area contributed by atoms with E-state index in [1.807, 2.05) is 19.4 Å². The minimum atomic E-state index is 0.207.